The molecule has 0 aliphatic heterocycles. The third-order valence-electron chi connectivity index (χ3n) is 2.79. The number of rotatable bonds is 5. The van der Waals surface area contributed by atoms with Gasteiger partial charge in [0.25, 0.3) is 0 Å². The highest BCUT2D eigenvalue weighted by atomic mass is 19.1. The van der Waals surface area contributed by atoms with Crippen molar-refractivity contribution in [2.24, 2.45) is 0 Å². The van der Waals surface area contributed by atoms with Gasteiger partial charge in [-0.05, 0) is 30.7 Å². The fraction of sp³-hybridized carbons (Fsp3) is 0.188. The standard InChI is InChI=1S/C16H15FN2O2/c1-2-9-20-14-7-4-8-15(16(14)19)21-13-6-3-5-12(17)11(13)10-18/h3-8H,2,9,19H2,1H3. The van der Waals surface area contributed by atoms with Gasteiger partial charge in [0.15, 0.2) is 5.75 Å². The van der Waals surface area contributed by atoms with Crippen molar-refractivity contribution in [2.75, 3.05) is 12.3 Å². The van der Waals surface area contributed by atoms with Crippen molar-refractivity contribution in [3.8, 4) is 23.3 Å². The van der Waals surface area contributed by atoms with E-state index in [1.54, 1.807) is 24.3 Å². The predicted molar refractivity (Wildman–Crippen MR) is 77.8 cm³/mol. The molecule has 0 heterocycles. The number of nitrogen functional groups attached to an aromatic ring is 1. The Balaban J connectivity index is 2.33. The van der Waals surface area contributed by atoms with Gasteiger partial charge >= 0.3 is 0 Å². The average molecular weight is 286 g/mol. The van der Waals surface area contributed by atoms with Gasteiger partial charge in [-0.3, -0.25) is 0 Å². The zero-order chi connectivity index (χ0) is 15.2. The van der Waals surface area contributed by atoms with Gasteiger partial charge in [-0.15, -0.1) is 0 Å². The highest BCUT2D eigenvalue weighted by Gasteiger charge is 2.13. The summed E-state index contributed by atoms with van der Waals surface area (Å²) in [4.78, 5) is 0. The normalized spacial score (nSPS) is 9.95. The fourth-order valence-electron chi connectivity index (χ4n) is 1.77. The zero-order valence-corrected chi connectivity index (χ0v) is 11.6. The number of hydrogen-bond donors (Lipinski definition) is 1. The van der Waals surface area contributed by atoms with Crippen LogP contribution in [0, 0.1) is 17.1 Å². The number of ether oxygens (including phenoxy) is 2. The molecule has 0 spiro atoms. The molecule has 0 saturated heterocycles. The highest BCUT2D eigenvalue weighted by Crippen LogP contribution is 2.36. The number of nitrogens with two attached hydrogens (primary N) is 1. The lowest BCUT2D eigenvalue weighted by Crippen LogP contribution is -2.01. The number of benzene rings is 2. The Morgan fingerprint density at radius 2 is 1.81 bits per heavy atom. The molecule has 0 saturated carbocycles. The maximum absolute atomic E-state index is 13.5. The summed E-state index contributed by atoms with van der Waals surface area (Å²) in [6.45, 7) is 2.53. The van der Waals surface area contributed by atoms with E-state index in [1.807, 2.05) is 6.92 Å². The van der Waals surface area contributed by atoms with E-state index >= 15 is 0 Å². The molecule has 2 N–H and O–H groups in total. The van der Waals surface area contributed by atoms with Gasteiger partial charge in [-0.25, -0.2) is 4.39 Å². The second kappa shape index (κ2) is 6.62. The van der Waals surface area contributed by atoms with Gasteiger partial charge in [0, 0.05) is 0 Å². The number of anilines is 1. The minimum atomic E-state index is -0.632. The van der Waals surface area contributed by atoms with Crippen LogP contribution in [-0.4, -0.2) is 6.61 Å². The third-order valence-corrected chi connectivity index (χ3v) is 2.79. The Hall–Kier alpha value is -2.74. The Bertz CT molecular complexity index is 680. The van der Waals surface area contributed by atoms with Crippen LogP contribution in [-0.2, 0) is 0 Å². The van der Waals surface area contributed by atoms with Crippen molar-refractivity contribution in [3.63, 3.8) is 0 Å². The molecule has 2 aromatic carbocycles. The first kappa shape index (κ1) is 14.7. The number of para-hydroxylation sites is 1. The van der Waals surface area contributed by atoms with Crippen molar-refractivity contribution < 1.29 is 13.9 Å². The van der Waals surface area contributed by atoms with E-state index < -0.39 is 5.82 Å². The summed E-state index contributed by atoms with van der Waals surface area (Å²) >= 11 is 0. The number of halogens is 1. The lowest BCUT2D eigenvalue weighted by Gasteiger charge is -2.13. The summed E-state index contributed by atoms with van der Waals surface area (Å²) in [7, 11) is 0. The van der Waals surface area contributed by atoms with Crippen molar-refractivity contribution in [1.82, 2.24) is 0 Å². The van der Waals surface area contributed by atoms with Gasteiger partial charge in [0.05, 0.1) is 6.61 Å². The van der Waals surface area contributed by atoms with Crippen LogP contribution in [0.25, 0.3) is 0 Å². The quantitative estimate of drug-likeness (QED) is 0.847. The minimum absolute atomic E-state index is 0.122. The summed E-state index contributed by atoms with van der Waals surface area (Å²) in [5, 5.41) is 8.99. The Morgan fingerprint density at radius 3 is 2.52 bits per heavy atom. The molecule has 4 nitrogen and oxygen atoms in total. The molecular weight excluding hydrogens is 271 g/mol. The van der Waals surface area contributed by atoms with Crippen LogP contribution in [0.5, 0.6) is 17.2 Å². The summed E-state index contributed by atoms with van der Waals surface area (Å²) in [6.07, 6.45) is 0.854. The number of hydrogen-bond acceptors (Lipinski definition) is 4. The van der Waals surface area contributed by atoms with Crippen LogP contribution in [0.15, 0.2) is 36.4 Å². The van der Waals surface area contributed by atoms with Crippen LogP contribution < -0.4 is 15.2 Å². The SMILES string of the molecule is CCCOc1cccc(Oc2cccc(F)c2C#N)c1N. The largest absolute Gasteiger partial charge is 0.491 e. The molecule has 0 bridgehead atoms. The molecule has 0 aromatic heterocycles. The zero-order valence-electron chi connectivity index (χ0n) is 11.6. The van der Waals surface area contributed by atoms with E-state index in [2.05, 4.69) is 0 Å². The lowest BCUT2D eigenvalue weighted by atomic mass is 10.2. The van der Waals surface area contributed by atoms with Gasteiger partial charge in [0.1, 0.15) is 34.6 Å². The van der Waals surface area contributed by atoms with Gasteiger partial charge in [-0.1, -0.05) is 19.1 Å². The molecule has 21 heavy (non-hydrogen) atoms. The number of nitriles is 1. The summed E-state index contributed by atoms with van der Waals surface area (Å²) < 4.78 is 24.6. The van der Waals surface area contributed by atoms with Crippen LogP contribution in [0.2, 0.25) is 0 Å². The smallest absolute Gasteiger partial charge is 0.154 e. The lowest BCUT2D eigenvalue weighted by molar-refractivity contribution is 0.318. The molecule has 5 heteroatoms. The second-order valence-electron chi connectivity index (χ2n) is 4.34. The highest BCUT2D eigenvalue weighted by molar-refractivity contribution is 5.64. The molecule has 0 atom stereocenters. The molecule has 0 unspecified atom stereocenters. The number of nitrogens with zero attached hydrogens (tertiary/aromatic N) is 1. The third kappa shape index (κ3) is 3.23. The topological polar surface area (TPSA) is 68.3 Å². The fourth-order valence-corrected chi connectivity index (χ4v) is 1.77. The Morgan fingerprint density at radius 1 is 1.14 bits per heavy atom. The second-order valence-corrected chi connectivity index (χ2v) is 4.34. The van der Waals surface area contributed by atoms with E-state index in [0.29, 0.717) is 23.8 Å². The summed E-state index contributed by atoms with van der Waals surface area (Å²) in [5.41, 5.74) is 6.14. The molecule has 0 aliphatic carbocycles. The maximum Gasteiger partial charge on any atom is 0.154 e. The molecule has 2 aromatic rings. The van der Waals surface area contributed by atoms with Crippen molar-refractivity contribution in [2.45, 2.75) is 13.3 Å². The van der Waals surface area contributed by atoms with Crippen LogP contribution in [0.3, 0.4) is 0 Å². The molecule has 0 fully saturated rings. The first-order chi connectivity index (χ1) is 10.2. The van der Waals surface area contributed by atoms with E-state index in [1.165, 1.54) is 18.2 Å². The van der Waals surface area contributed by atoms with E-state index in [-0.39, 0.29) is 11.3 Å². The predicted octanol–water partition coefficient (Wildman–Crippen LogP) is 3.86. The van der Waals surface area contributed by atoms with E-state index in [9.17, 15) is 4.39 Å². The van der Waals surface area contributed by atoms with E-state index in [4.69, 9.17) is 20.5 Å². The molecular formula is C16H15FN2O2. The van der Waals surface area contributed by atoms with Crippen molar-refractivity contribution in [3.05, 3.63) is 47.8 Å². The molecule has 0 amide bonds. The van der Waals surface area contributed by atoms with Gasteiger partial charge in [-0.2, -0.15) is 5.26 Å². The summed E-state index contributed by atoms with van der Waals surface area (Å²) in [6, 6.07) is 11.1. The monoisotopic (exact) mass is 286 g/mol. The van der Waals surface area contributed by atoms with E-state index in [0.717, 1.165) is 6.42 Å². The van der Waals surface area contributed by atoms with Crippen molar-refractivity contribution >= 4 is 5.69 Å². The van der Waals surface area contributed by atoms with Gasteiger partial charge in [0.2, 0.25) is 0 Å². The molecule has 0 radical (unpaired) electrons. The van der Waals surface area contributed by atoms with Crippen molar-refractivity contribution in [1.29, 1.82) is 5.26 Å². The Labute approximate surface area is 122 Å². The van der Waals surface area contributed by atoms with Gasteiger partial charge < -0.3 is 15.2 Å². The Kier molecular flexibility index (Phi) is 4.62. The maximum atomic E-state index is 13.5. The first-order valence-corrected chi connectivity index (χ1v) is 6.55. The first-order valence-electron chi connectivity index (χ1n) is 6.55. The van der Waals surface area contributed by atoms with Crippen LogP contribution in [0.4, 0.5) is 10.1 Å². The minimum Gasteiger partial charge on any atom is -0.491 e. The molecule has 108 valence electrons. The van der Waals surface area contributed by atoms with Crippen LogP contribution in [0.1, 0.15) is 18.9 Å². The summed E-state index contributed by atoms with van der Waals surface area (Å²) in [5.74, 6) is 0.318. The molecule has 0 aliphatic rings. The average Bonchev–Trinajstić information content (AvgIpc) is 2.48. The molecule has 2 rings (SSSR count). The van der Waals surface area contributed by atoms with Crippen LogP contribution >= 0.6 is 0 Å².